The predicted octanol–water partition coefficient (Wildman–Crippen LogP) is 8.47. The average Bonchev–Trinajstić information content (AvgIpc) is 3.85. The number of nitrogens with zero attached hydrogens (tertiary/aromatic N) is 8. The molecule has 0 saturated carbocycles. The molecule has 4 saturated heterocycles. The second-order valence-corrected chi connectivity index (χ2v) is 24.2. The first-order valence-corrected chi connectivity index (χ1v) is 28.5. The Kier molecular flexibility index (Phi) is 14.8. The summed E-state index contributed by atoms with van der Waals surface area (Å²) in [6, 6.07) is 23.0. The molecule has 4 aliphatic heterocycles. The van der Waals surface area contributed by atoms with E-state index in [0.29, 0.717) is 50.6 Å². The molecule has 4 fully saturated rings. The lowest BCUT2D eigenvalue weighted by molar-refractivity contribution is -0.134. The van der Waals surface area contributed by atoms with Crippen molar-refractivity contribution in [1.82, 2.24) is 40.3 Å². The summed E-state index contributed by atoms with van der Waals surface area (Å²) in [5.41, 5.74) is 8.05. The zero-order valence-electron chi connectivity index (χ0n) is 42.4. The van der Waals surface area contributed by atoms with Crippen molar-refractivity contribution >= 4 is 76.3 Å². The largest absolute Gasteiger partial charge is 0.494 e. The number of imide groups is 1. The normalized spacial score (nSPS) is 18.5. The molecular formula is C55H64ClN12O5P. The molecule has 6 aromatic rings. The number of nitrogens with one attached hydrogen (secondary N) is 4. The highest BCUT2D eigenvalue weighted by Gasteiger charge is 2.39. The van der Waals surface area contributed by atoms with Crippen LogP contribution in [0.3, 0.4) is 0 Å². The van der Waals surface area contributed by atoms with Crippen molar-refractivity contribution in [3.05, 3.63) is 108 Å². The maximum absolute atomic E-state index is 13.6. The van der Waals surface area contributed by atoms with Crippen LogP contribution in [-0.4, -0.2) is 120 Å². The van der Waals surface area contributed by atoms with Gasteiger partial charge >= 0.3 is 0 Å². The molecule has 74 heavy (non-hydrogen) atoms. The van der Waals surface area contributed by atoms with E-state index >= 15 is 0 Å². The Balaban J connectivity index is 0.749. The maximum atomic E-state index is 13.6. The van der Waals surface area contributed by atoms with Crippen LogP contribution in [-0.2, 0) is 21.2 Å². The summed E-state index contributed by atoms with van der Waals surface area (Å²) in [6.07, 6.45) is 14.6. The summed E-state index contributed by atoms with van der Waals surface area (Å²) in [7, 11) is 0.864. The predicted molar refractivity (Wildman–Crippen MR) is 292 cm³/mol. The Morgan fingerprint density at radius 1 is 0.824 bits per heavy atom. The molecule has 0 aliphatic carbocycles. The van der Waals surface area contributed by atoms with Gasteiger partial charge in [0.2, 0.25) is 17.8 Å². The van der Waals surface area contributed by atoms with Crippen molar-refractivity contribution in [2.24, 2.45) is 18.4 Å². The molecule has 7 heterocycles. The zero-order chi connectivity index (χ0) is 51.6. The van der Waals surface area contributed by atoms with E-state index in [1.165, 1.54) is 12.8 Å². The van der Waals surface area contributed by atoms with E-state index in [0.717, 1.165) is 105 Å². The van der Waals surface area contributed by atoms with E-state index in [-0.39, 0.29) is 24.4 Å². The molecule has 10 rings (SSSR count). The third kappa shape index (κ3) is 11.4. The monoisotopic (exact) mass is 1040 g/mol. The molecule has 386 valence electrons. The SMILES string of the molecule is COc1cc(N2CCC(CN3CCC4(CC3)CCN(c3ccc(C(=O)NC5CCC(=O)NC5=O)nc3)CC4)CC2)c(-c2cnn(C)c2)cc1Nc1ncc(Cl)c(Nc2ccc(-c3ccccc3)cc2P(C)(C)=O)n1. The fraction of sp³-hybridized carbons (Fsp3) is 0.400. The first-order chi connectivity index (χ1) is 35.7. The first-order valence-electron chi connectivity index (χ1n) is 25.5. The van der Waals surface area contributed by atoms with E-state index in [9.17, 15) is 18.9 Å². The van der Waals surface area contributed by atoms with Gasteiger partial charge in [-0.1, -0.05) is 48.0 Å². The third-order valence-corrected chi connectivity index (χ3v) is 17.2. The average molecular weight is 1040 g/mol. The highest BCUT2D eigenvalue weighted by molar-refractivity contribution is 7.70. The van der Waals surface area contributed by atoms with Crippen molar-refractivity contribution in [2.45, 2.75) is 57.4 Å². The topological polar surface area (TPSA) is 192 Å². The molecule has 1 unspecified atom stereocenters. The molecule has 3 amide bonds. The third-order valence-electron chi connectivity index (χ3n) is 15.4. The Hall–Kier alpha value is -6.81. The molecule has 19 heteroatoms. The molecule has 17 nitrogen and oxygen atoms in total. The minimum absolute atomic E-state index is 0.201. The molecule has 4 aliphatic rings. The number of likely N-dealkylation sites (tertiary alicyclic amines) is 1. The van der Waals surface area contributed by atoms with Crippen LogP contribution in [0, 0.1) is 11.3 Å². The molecule has 4 N–H and O–H groups in total. The van der Waals surface area contributed by atoms with Crippen molar-refractivity contribution in [2.75, 3.05) is 86.7 Å². The smallest absolute Gasteiger partial charge is 0.270 e. The number of carbonyl (C=O) groups excluding carboxylic acids is 3. The van der Waals surface area contributed by atoms with Crippen LogP contribution in [0.15, 0.2) is 97.6 Å². The second-order valence-electron chi connectivity index (χ2n) is 20.7. The number of piperidine rings is 4. The van der Waals surface area contributed by atoms with Gasteiger partial charge in [0.1, 0.15) is 29.6 Å². The Morgan fingerprint density at radius 3 is 2.26 bits per heavy atom. The van der Waals surface area contributed by atoms with E-state index in [2.05, 4.69) is 63.2 Å². The van der Waals surface area contributed by atoms with E-state index in [1.807, 2.05) is 78.7 Å². The van der Waals surface area contributed by atoms with Crippen molar-refractivity contribution in [3.8, 4) is 28.0 Å². The van der Waals surface area contributed by atoms with E-state index in [4.69, 9.17) is 21.3 Å². The summed E-state index contributed by atoms with van der Waals surface area (Å²) in [6.45, 7) is 10.6. The minimum atomic E-state index is -2.73. The summed E-state index contributed by atoms with van der Waals surface area (Å²) in [4.78, 5) is 57.8. The summed E-state index contributed by atoms with van der Waals surface area (Å²) < 4.78 is 21.5. The Morgan fingerprint density at radius 2 is 1.58 bits per heavy atom. The van der Waals surface area contributed by atoms with Crippen LogP contribution in [0.5, 0.6) is 5.75 Å². The van der Waals surface area contributed by atoms with Crippen molar-refractivity contribution in [3.63, 3.8) is 0 Å². The van der Waals surface area contributed by atoms with Crippen LogP contribution < -0.4 is 41.1 Å². The summed E-state index contributed by atoms with van der Waals surface area (Å²) in [5, 5.41) is 17.3. The minimum Gasteiger partial charge on any atom is -0.494 e. The number of ether oxygens (including phenoxy) is 1. The van der Waals surface area contributed by atoms with E-state index < -0.39 is 25.0 Å². The highest BCUT2D eigenvalue weighted by atomic mass is 35.5. The van der Waals surface area contributed by atoms with Crippen LogP contribution in [0.1, 0.15) is 61.9 Å². The summed E-state index contributed by atoms with van der Waals surface area (Å²) in [5.74, 6) is 0.731. The number of aromatic nitrogens is 5. The number of hydrogen-bond acceptors (Lipinski definition) is 14. The van der Waals surface area contributed by atoms with Crippen molar-refractivity contribution in [1.29, 1.82) is 0 Å². The van der Waals surface area contributed by atoms with Crippen LogP contribution in [0.2, 0.25) is 5.02 Å². The molecule has 3 aromatic heterocycles. The van der Waals surface area contributed by atoms with Gasteiger partial charge in [-0.2, -0.15) is 10.1 Å². The van der Waals surface area contributed by atoms with Crippen LogP contribution >= 0.6 is 18.7 Å². The lowest BCUT2D eigenvalue weighted by atomic mass is 9.71. The fourth-order valence-corrected chi connectivity index (χ4v) is 12.3. The lowest BCUT2D eigenvalue weighted by Gasteiger charge is -2.48. The Bertz CT molecular complexity index is 3070. The number of amides is 3. The molecule has 1 spiro atoms. The van der Waals surface area contributed by atoms with Gasteiger partial charge in [0.25, 0.3) is 5.91 Å². The van der Waals surface area contributed by atoms with Gasteiger partial charge in [-0.05, 0) is 124 Å². The molecule has 0 bridgehead atoms. The second kappa shape index (κ2) is 21.6. The van der Waals surface area contributed by atoms with Gasteiger partial charge in [0.15, 0.2) is 5.82 Å². The van der Waals surface area contributed by atoms with Gasteiger partial charge < -0.3 is 40.0 Å². The van der Waals surface area contributed by atoms with Gasteiger partial charge in [0.05, 0.1) is 42.8 Å². The molecule has 3 aromatic carbocycles. The van der Waals surface area contributed by atoms with E-state index in [1.54, 1.807) is 38.9 Å². The van der Waals surface area contributed by atoms with Crippen molar-refractivity contribution < 1.29 is 23.7 Å². The lowest BCUT2D eigenvalue weighted by Crippen LogP contribution is -2.52. The highest BCUT2D eigenvalue weighted by Crippen LogP contribution is 2.45. The van der Waals surface area contributed by atoms with Crippen LogP contribution in [0.25, 0.3) is 22.3 Å². The number of halogens is 1. The molecule has 0 radical (unpaired) electrons. The number of carbonyl (C=O) groups is 3. The first kappa shape index (κ1) is 50.7. The summed E-state index contributed by atoms with van der Waals surface area (Å²) >= 11 is 6.72. The zero-order valence-corrected chi connectivity index (χ0v) is 44.1. The van der Waals surface area contributed by atoms with Gasteiger partial charge in [-0.25, -0.2) is 9.97 Å². The molecular weight excluding hydrogens is 975 g/mol. The molecule has 1 atom stereocenters. The fourth-order valence-electron chi connectivity index (χ4n) is 11.0. The van der Waals surface area contributed by atoms with Gasteiger partial charge in [-0.3, -0.25) is 24.4 Å². The number of rotatable bonds is 14. The number of pyridine rings is 1. The van der Waals surface area contributed by atoms with Gasteiger partial charge in [0, 0.05) is 80.6 Å². The number of aryl methyl sites for hydroxylation is 1. The number of anilines is 6. The van der Waals surface area contributed by atoms with Crippen LogP contribution in [0.4, 0.5) is 34.5 Å². The van der Waals surface area contributed by atoms with Gasteiger partial charge in [-0.15, -0.1) is 0 Å². The number of hydrogen-bond donors (Lipinski definition) is 4. The standard InChI is InChI=1S/C55H64ClN12O5P/c1-65-35-39(31-59-65)41-29-46(62-54-58-33-42(56)51(64-54)60-43-12-10-38(28-49(43)74(3,4)72)37-8-6-5-7-9-37)48(73-2)30-47(41)68-22-16-36(17-23-68)34-66-24-18-55(19-25-66)20-26-67(27-21-55)40-11-13-44(57-32-40)52(70)61-45-14-15-50(69)63-53(45)71/h5-13,28-33,35-36,45H,14-27,34H2,1-4H3,(H,61,70)(H,63,69,71)(H2,58,60,62,64). The maximum Gasteiger partial charge on any atom is 0.270 e. The number of benzene rings is 3. The quantitative estimate of drug-likeness (QED) is 0.0600. The Labute approximate surface area is 437 Å². The number of methoxy groups -OCH3 is 1.